The molecule has 2 saturated heterocycles. The highest BCUT2D eigenvalue weighted by molar-refractivity contribution is 6.33. The third kappa shape index (κ3) is 4.46. The number of anilines is 1. The molecule has 1 spiro atoms. The van der Waals surface area contributed by atoms with Crippen LogP contribution in [0.15, 0.2) is 55.0 Å². The molecule has 7 rings (SSSR count). The van der Waals surface area contributed by atoms with E-state index in [1.165, 1.54) is 12.1 Å². The average molecular weight is 574 g/mol. The minimum Gasteiger partial charge on any atom is -0.492 e. The maximum atomic E-state index is 14.4. The van der Waals surface area contributed by atoms with Crippen molar-refractivity contribution in [3.05, 3.63) is 71.4 Å². The van der Waals surface area contributed by atoms with Crippen LogP contribution >= 0.6 is 11.6 Å². The van der Waals surface area contributed by atoms with Crippen LogP contribution in [-0.4, -0.2) is 68.4 Å². The Labute approximate surface area is 240 Å². The molecule has 0 bridgehead atoms. The summed E-state index contributed by atoms with van der Waals surface area (Å²) in [5.74, 6) is 0.769. The number of aromatic nitrogens is 5. The smallest absolute Gasteiger partial charge is 0.258 e. The quantitative estimate of drug-likeness (QED) is 0.294. The van der Waals surface area contributed by atoms with Gasteiger partial charge in [-0.2, -0.15) is 5.10 Å². The lowest BCUT2D eigenvalue weighted by Gasteiger charge is -2.39. The molecule has 2 aliphatic heterocycles. The molecule has 1 amide bonds. The van der Waals surface area contributed by atoms with Crippen molar-refractivity contribution in [2.75, 3.05) is 37.7 Å². The van der Waals surface area contributed by atoms with Crippen LogP contribution in [0.3, 0.4) is 0 Å². The summed E-state index contributed by atoms with van der Waals surface area (Å²) >= 11 is 6.17. The number of likely N-dealkylation sites (tertiary alicyclic amines) is 1. The minimum absolute atomic E-state index is 0.0264. The highest BCUT2D eigenvalue weighted by Crippen LogP contribution is 2.42. The van der Waals surface area contributed by atoms with Crippen LogP contribution in [0.2, 0.25) is 5.02 Å². The second kappa shape index (κ2) is 10.0. The van der Waals surface area contributed by atoms with E-state index < -0.39 is 5.82 Å². The molecule has 2 fully saturated rings. The summed E-state index contributed by atoms with van der Waals surface area (Å²) in [5.41, 5.74) is 3.62. The van der Waals surface area contributed by atoms with Crippen LogP contribution < -0.4 is 9.64 Å². The molecule has 11 heteroatoms. The number of fused-ring (bicyclic) bond motifs is 3. The van der Waals surface area contributed by atoms with E-state index in [4.69, 9.17) is 21.3 Å². The van der Waals surface area contributed by atoms with Crippen LogP contribution in [0.1, 0.15) is 36.5 Å². The van der Waals surface area contributed by atoms with Crippen molar-refractivity contribution >= 4 is 39.9 Å². The van der Waals surface area contributed by atoms with Crippen molar-refractivity contribution < 1.29 is 13.9 Å². The van der Waals surface area contributed by atoms with Crippen LogP contribution in [0, 0.1) is 11.2 Å². The minimum atomic E-state index is -0.569. The summed E-state index contributed by atoms with van der Waals surface area (Å²) in [5, 5.41) is 12.8. The highest BCUT2D eigenvalue weighted by atomic mass is 35.5. The van der Waals surface area contributed by atoms with Crippen LogP contribution in [-0.2, 0) is 0 Å². The van der Waals surface area contributed by atoms with Gasteiger partial charge in [-0.3, -0.25) is 9.89 Å². The van der Waals surface area contributed by atoms with Crippen molar-refractivity contribution in [2.45, 2.75) is 26.2 Å². The number of halogens is 2. The first-order valence-electron chi connectivity index (χ1n) is 13.9. The van der Waals surface area contributed by atoms with E-state index in [1.807, 2.05) is 29.9 Å². The van der Waals surface area contributed by atoms with Gasteiger partial charge in [-0.25, -0.2) is 13.9 Å². The molecule has 41 heavy (non-hydrogen) atoms. The molecule has 1 aromatic carbocycles. The number of nitrogens with one attached hydrogen (secondary N) is 1. The first kappa shape index (κ1) is 25.8. The Morgan fingerprint density at radius 3 is 2.73 bits per heavy atom. The molecule has 5 aromatic rings. The Kier molecular flexibility index (Phi) is 6.30. The number of amides is 1. The third-order valence-electron chi connectivity index (χ3n) is 8.52. The highest BCUT2D eigenvalue weighted by Gasteiger charge is 2.43. The van der Waals surface area contributed by atoms with Crippen LogP contribution in [0.5, 0.6) is 5.75 Å². The molecule has 2 aliphatic rings. The molecule has 1 N–H and O–H groups in total. The Balaban J connectivity index is 1.07. The fourth-order valence-electron chi connectivity index (χ4n) is 6.33. The Morgan fingerprint density at radius 2 is 1.98 bits per heavy atom. The van der Waals surface area contributed by atoms with E-state index in [9.17, 15) is 9.18 Å². The second-order valence-corrected chi connectivity index (χ2v) is 11.3. The number of hydrogen-bond donors (Lipinski definition) is 1. The fourth-order valence-corrected chi connectivity index (χ4v) is 6.57. The first-order valence-corrected chi connectivity index (χ1v) is 14.3. The molecule has 4 aromatic heterocycles. The monoisotopic (exact) mass is 573 g/mol. The van der Waals surface area contributed by atoms with Gasteiger partial charge < -0.3 is 14.5 Å². The lowest BCUT2D eigenvalue weighted by atomic mass is 9.78. The largest absolute Gasteiger partial charge is 0.492 e. The number of piperidine rings is 1. The molecule has 0 radical (unpaired) electrons. The van der Waals surface area contributed by atoms with Crippen molar-refractivity contribution in [1.82, 2.24) is 29.7 Å². The number of benzene rings is 1. The molecular weight excluding hydrogens is 545 g/mol. The summed E-state index contributed by atoms with van der Waals surface area (Å²) in [4.78, 5) is 22.0. The maximum absolute atomic E-state index is 14.4. The maximum Gasteiger partial charge on any atom is 0.258 e. The lowest BCUT2D eigenvalue weighted by molar-refractivity contribution is 0.0760. The zero-order valence-corrected chi connectivity index (χ0v) is 23.4. The van der Waals surface area contributed by atoms with Gasteiger partial charge in [0.15, 0.2) is 5.65 Å². The third-order valence-corrected chi connectivity index (χ3v) is 8.84. The topological polar surface area (TPSA) is 91.6 Å². The van der Waals surface area contributed by atoms with Gasteiger partial charge in [0, 0.05) is 43.5 Å². The van der Waals surface area contributed by atoms with E-state index in [-0.39, 0.29) is 21.9 Å². The number of aromatic amines is 1. The molecule has 9 nitrogen and oxygen atoms in total. The van der Waals surface area contributed by atoms with Crippen molar-refractivity contribution in [2.24, 2.45) is 5.41 Å². The van der Waals surface area contributed by atoms with Crippen LogP contribution in [0.25, 0.3) is 27.7 Å². The number of pyridine rings is 2. The molecule has 0 saturated carbocycles. The van der Waals surface area contributed by atoms with E-state index in [2.05, 4.69) is 32.3 Å². The van der Waals surface area contributed by atoms with Gasteiger partial charge in [-0.05, 0) is 61.9 Å². The predicted octanol–water partition coefficient (Wildman–Crippen LogP) is 5.60. The second-order valence-electron chi connectivity index (χ2n) is 10.9. The first-order chi connectivity index (χ1) is 19.9. The Hall–Kier alpha value is -4.18. The zero-order valence-electron chi connectivity index (χ0n) is 22.6. The number of carbonyl (C=O) groups excluding carboxylic acids is 1. The van der Waals surface area contributed by atoms with Gasteiger partial charge in [0.1, 0.15) is 17.4 Å². The molecular formula is C30H29ClFN7O2. The standard InChI is InChI=1S/C30H29ClFN7O2/c1-2-41-20-14-21(27-22-16-34-35-28(22)36-39(27)17-20)19-6-7-25(33-15-19)37-11-8-30(9-12-37)10-13-38(18-30)29(40)26-23(31)4-3-5-24(26)32/h3-7,14-17H,2,8-13,18H2,1H3,(H,35,36). The molecule has 6 heterocycles. The summed E-state index contributed by atoms with van der Waals surface area (Å²) < 4.78 is 22.0. The van der Waals surface area contributed by atoms with Gasteiger partial charge in [0.25, 0.3) is 5.91 Å². The molecule has 0 unspecified atom stereocenters. The summed E-state index contributed by atoms with van der Waals surface area (Å²) in [7, 11) is 0. The van der Waals surface area contributed by atoms with Gasteiger partial charge in [0.05, 0.1) is 40.5 Å². The predicted molar refractivity (Wildman–Crippen MR) is 155 cm³/mol. The van der Waals surface area contributed by atoms with Crippen LogP contribution in [0.4, 0.5) is 10.2 Å². The summed E-state index contributed by atoms with van der Waals surface area (Å²) in [6, 6.07) is 10.5. The molecule has 0 aliphatic carbocycles. The van der Waals surface area contributed by atoms with E-state index in [0.717, 1.165) is 71.6 Å². The fraction of sp³-hybridized carbons (Fsp3) is 0.333. The van der Waals surface area contributed by atoms with Gasteiger partial charge in [0.2, 0.25) is 0 Å². The summed E-state index contributed by atoms with van der Waals surface area (Å²) in [6.07, 6.45) is 8.36. The number of H-pyrrole nitrogens is 1. The number of hydrogen-bond acceptors (Lipinski definition) is 6. The van der Waals surface area contributed by atoms with Crippen molar-refractivity contribution in [3.8, 4) is 16.9 Å². The van der Waals surface area contributed by atoms with Gasteiger partial charge in [-0.1, -0.05) is 17.7 Å². The Morgan fingerprint density at radius 1 is 1.15 bits per heavy atom. The van der Waals surface area contributed by atoms with E-state index in [0.29, 0.717) is 19.7 Å². The normalized spacial score (nSPS) is 16.8. The van der Waals surface area contributed by atoms with E-state index >= 15 is 0 Å². The SMILES string of the molecule is CCOc1cc(-c2ccc(N3CCC4(CCN(C(=O)c5c(F)cccc5Cl)C4)CC3)nc2)c2c3cn[nH]c3nn2c1. The zero-order chi connectivity index (χ0) is 28.1. The van der Waals surface area contributed by atoms with Gasteiger partial charge in [-0.15, -0.1) is 5.10 Å². The van der Waals surface area contributed by atoms with E-state index in [1.54, 1.807) is 17.2 Å². The lowest BCUT2D eigenvalue weighted by Crippen LogP contribution is -2.42. The van der Waals surface area contributed by atoms with Crippen molar-refractivity contribution in [3.63, 3.8) is 0 Å². The number of nitrogens with zero attached hydrogens (tertiary/aromatic N) is 6. The molecule has 210 valence electrons. The molecule has 0 atom stereocenters. The number of carbonyl (C=O) groups is 1. The summed E-state index contributed by atoms with van der Waals surface area (Å²) in [6.45, 7) is 5.44. The Bertz CT molecular complexity index is 1740. The average Bonchev–Trinajstić information content (AvgIpc) is 3.69. The van der Waals surface area contributed by atoms with Crippen molar-refractivity contribution in [1.29, 1.82) is 0 Å². The number of rotatable bonds is 5. The van der Waals surface area contributed by atoms with Gasteiger partial charge >= 0.3 is 0 Å². The number of ether oxygens (including phenoxy) is 1.